The van der Waals surface area contributed by atoms with E-state index in [1.807, 2.05) is 32.0 Å². The molecule has 0 aliphatic rings. The molecule has 3 heteroatoms. The molecule has 0 saturated carbocycles. The van der Waals surface area contributed by atoms with E-state index in [-0.39, 0.29) is 5.54 Å². The van der Waals surface area contributed by atoms with E-state index in [9.17, 15) is 0 Å². The number of halogens is 2. The molecule has 1 aromatic rings. The molecule has 0 amide bonds. The van der Waals surface area contributed by atoms with Crippen molar-refractivity contribution in [2.24, 2.45) is 5.73 Å². The molecule has 2 N–H and O–H groups in total. The van der Waals surface area contributed by atoms with Crippen molar-refractivity contribution >= 4 is 27.5 Å². The fourth-order valence-electron chi connectivity index (χ4n) is 1.01. The van der Waals surface area contributed by atoms with E-state index in [0.717, 1.165) is 10.0 Å². The van der Waals surface area contributed by atoms with Gasteiger partial charge in [0.05, 0.1) is 0 Å². The summed E-state index contributed by atoms with van der Waals surface area (Å²) in [6.07, 6.45) is 0. The van der Waals surface area contributed by atoms with Crippen molar-refractivity contribution in [3.63, 3.8) is 0 Å². The first-order valence-electron chi connectivity index (χ1n) is 3.65. The minimum Gasteiger partial charge on any atom is -0.322 e. The Hall–Kier alpha value is -0.0500. The Labute approximate surface area is 86.0 Å². The third kappa shape index (κ3) is 2.22. The smallest absolute Gasteiger partial charge is 0.0467 e. The van der Waals surface area contributed by atoms with Gasteiger partial charge < -0.3 is 5.73 Å². The van der Waals surface area contributed by atoms with Crippen molar-refractivity contribution in [2.45, 2.75) is 19.4 Å². The lowest BCUT2D eigenvalue weighted by atomic mass is 9.96. The lowest BCUT2D eigenvalue weighted by Gasteiger charge is -2.20. The number of hydrogen-bond donors (Lipinski definition) is 1. The van der Waals surface area contributed by atoms with Crippen molar-refractivity contribution in [3.05, 3.63) is 33.3 Å². The molecule has 1 nitrogen and oxygen atoms in total. The van der Waals surface area contributed by atoms with Crippen molar-refractivity contribution < 1.29 is 0 Å². The minimum atomic E-state index is -0.377. The van der Waals surface area contributed by atoms with Crippen LogP contribution in [0.15, 0.2) is 22.7 Å². The van der Waals surface area contributed by atoms with Gasteiger partial charge >= 0.3 is 0 Å². The predicted octanol–water partition coefficient (Wildman–Crippen LogP) is 3.30. The second-order valence-electron chi connectivity index (χ2n) is 3.35. The maximum absolute atomic E-state index is 6.00. The van der Waals surface area contributed by atoms with Gasteiger partial charge in [-0.15, -0.1) is 0 Å². The van der Waals surface area contributed by atoms with Gasteiger partial charge in [0.2, 0.25) is 0 Å². The summed E-state index contributed by atoms with van der Waals surface area (Å²) in [7, 11) is 0. The number of benzene rings is 1. The van der Waals surface area contributed by atoms with Gasteiger partial charge in [0.15, 0.2) is 0 Å². The molecule has 0 aliphatic carbocycles. The highest BCUT2D eigenvalue weighted by Gasteiger charge is 2.17. The first-order valence-corrected chi connectivity index (χ1v) is 4.83. The van der Waals surface area contributed by atoms with Crippen LogP contribution in [0, 0.1) is 0 Å². The van der Waals surface area contributed by atoms with Gasteiger partial charge in [-0.25, -0.2) is 0 Å². The number of hydrogen-bond acceptors (Lipinski definition) is 1. The Kier molecular flexibility index (Phi) is 2.81. The van der Waals surface area contributed by atoms with Crippen molar-refractivity contribution in [1.29, 1.82) is 0 Å². The first kappa shape index (κ1) is 10.0. The molecule has 0 aromatic heterocycles. The molecule has 0 bridgehead atoms. The van der Waals surface area contributed by atoms with Crippen LogP contribution in [0.25, 0.3) is 0 Å². The van der Waals surface area contributed by atoms with Crippen LogP contribution in [-0.2, 0) is 5.54 Å². The Morgan fingerprint density at radius 2 is 2.00 bits per heavy atom. The average Bonchev–Trinajstić information content (AvgIpc) is 1.83. The number of nitrogens with two attached hydrogens (primary N) is 1. The highest BCUT2D eigenvalue weighted by Crippen LogP contribution is 2.28. The maximum atomic E-state index is 6.00. The van der Waals surface area contributed by atoms with E-state index in [2.05, 4.69) is 15.9 Å². The van der Waals surface area contributed by atoms with Crippen LogP contribution >= 0.6 is 27.5 Å². The molecule has 0 radical (unpaired) electrons. The van der Waals surface area contributed by atoms with E-state index in [1.165, 1.54) is 0 Å². The van der Waals surface area contributed by atoms with Gasteiger partial charge in [0.1, 0.15) is 0 Å². The van der Waals surface area contributed by atoms with Crippen LogP contribution in [-0.4, -0.2) is 0 Å². The van der Waals surface area contributed by atoms with E-state index < -0.39 is 0 Å². The Morgan fingerprint density at radius 3 is 2.42 bits per heavy atom. The third-order valence-corrected chi connectivity index (χ3v) is 2.43. The minimum absolute atomic E-state index is 0.377. The largest absolute Gasteiger partial charge is 0.322 e. The van der Waals surface area contributed by atoms with Gasteiger partial charge in [-0.05, 0) is 31.5 Å². The monoisotopic (exact) mass is 247 g/mol. The quantitative estimate of drug-likeness (QED) is 0.811. The summed E-state index contributed by atoms with van der Waals surface area (Å²) in [5.74, 6) is 0. The molecular formula is C9H11BrClN. The molecule has 1 aromatic carbocycles. The molecule has 0 heterocycles. The van der Waals surface area contributed by atoms with Crippen LogP contribution in [0.3, 0.4) is 0 Å². The summed E-state index contributed by atoms with van der Waals surface area (Å²) in [4.78, 5) is 0. The molecule has 0 saturated heterocycles. The van der Waals surface area contributed by atoms with E-state index in [1.54, 1.807) is 0 Å². The number of rotatable bonds is 1. The lowest BCUT2D eigenvalue weighted by Crippen LogP contribution is -2.28. The van der Waals surface area contributed by atoms with Crippen LogP contribution in [0.1, 0.15) is 19.4 Å². The highest BCUT2D eigenvalue weighted by molar-refractivity contribution is 9.10. The molecule has 0 spiro atoms. The standard InChI is InChI=1S/C9H11BrClN/c1-9(2,12)7-4-3-6(10)5-8(7)11/h3-5H,12H2,1-2H3. The second-order valence-corrected chi connectivity index (χ2v) is 4.67. The zero-order valence-electron chi connectivity index (χ0n) is 7.07. The molecule has 0 unspecified atom stereocenters. The Balaban J connectivity index is 3.19. The van der Waals surface area contributed by atoms with Gasteiger partial charge in [0, 0.05) is 15.0 Å². The Bertz CT molecular complexity index is 291. The van der Waals surface area contributed by atoms with E-state index in [4.69, 9.17) is 17.3 Å². The van der Waals surface area contributed by atoms with Gasteiger partial charge in [-0.2, -0.15) is 0 Å². The normalized spacial score (nSPS) is 11.8. The van der Waals surface area contributed by atoms with Crippen molar-refractivity contribution in [1.82, 2.24) is 0 Å². The second kappa shape index (κ2) is 3.36. The molecular weight excluding hydrogens is 237 g/mol. The van der Waals surface area contributed by atoms with Crippen LogP contribution in [0.4, 0.5) is 0 Å². The molecule has 0 aliphatic heterocycles. The molecule has 0 atom stereocenters. The predicted molar refractivity (Wildman–Crippen MR) is 56.4 cm³/mol. The summed E-state index contributed by atoms with van der Waals surface area (Å²) in [6, 6.07) is 5.73. The molecule has 0 fully saturated rings. The zero-order valence-corrected chi connectivity index (χ0v) is 9.41. The Morgan fingerprint density at radius 1 is 1.42 bits per heavy atom. The van der Waals surface area contributed by atoms with E-state index in [0.29, 0.717) is 5.02 Å². The van der Waals surface area contributed by atoms with Crippen LogP contribution < -0.4 is 5.73 Å². The first-order chi connectivity index (χ1) is 5.41. The fourth-order valence-corrected chi connectivity index (χ4v) is 1.93. The average molecular weight is 249 g/mol. The summed E-state index contributed by atoms with van der Waals surface area (Å²) in [6.45, 7) is 3.87. The molecule has 12 heavy (non-hydrogen) atoms. The summed E-state index contributed by atoms with van der Waals surface area (Å²) < 4.78 is 0.973. The van der Waals surface area contributed by atoms with Gasteiger partial charge in [-0.1, -0.05) is 33.6 Å². The summed E-state index contributed by atoms with van der Waals surface area (Å²) in [5, 5.41) is 0.705. The van der Waals surface area contributed by atoms with Crippen LogP contribution in [0.2, 0.25) is 5.02 Å². The molecule has 66 valence electrons. The topological polar surface area (TPSA) is 26.0 Å². The fraction of sp³-hybridized carbons (Fsp3) is 0.333. The summed E-state index contributed by atoms with van der Waals surface area (Å²) >= 11 is 9.34. The zero-order chi connectivity index (χ0) is 9.35. The summed E-state index contributed by atoms with van der Waals surface area (Å²) in [5.41, 5.74) is 6.50. The third-order valence-electron chi connectivity index (χ3n) is 1.63. The SMILES string of the molecule is CC(C)(N)c1ccc(Br)cc1Cl. The van der Waals surface area contributed by atoms with Crippen molar-refractivity contribution in [2.75, 3.05) is 0 Å². The van der Waals surface area contributed by atoms with Crippen LogP contribution in [0.5, 0.6) is 0 Å². The van der Waals surface area contributed by atoms with Gasteiger partial charge in [-0.3, -0.25) is 0 Å². The highest BCUT2D eigenvalue weighted by atomic mass is 79.9. The van der Waals surface area contributed by atoms with Crippen molar-refractivity contribution in [3.8, 4) is 0 Å². The maximum Gasteiger partial charge on any atom is 0.0467 e. The lowest BCUT2D eigenvalue weighted by molar-refractivity contribution is 0.554. The van der Waals surface area contributed by atoms with Gasteiger partial charge in [0.25, 0.3) is 0 Å². The van der Waals surface area contributed by atoms with E-state index >= 15 is 0 Å². The molecule has 1 rings (SSSR count).